The van der Waals surface area contributed by atoms with Crippen LogP contribution >= 0.6 is 15.6 Å². The zero-order valence-electron chi connectivity index (χ0n) is 4.39. The van der Waals surface area contributed by atoms with Crippen LogP contribution in [-0.4, -0.2) is 29.4 Å². The van der Waals surface area contributed by atoms with Gasteiger partial charge in [-0.2, -0.15) is 0 Å². The molecule has 0 saturated heterocycles. The molecule has 0 rings (SSSR count). The molecule has 0 amide bonds. The van der Waals surface area contributed by atoms with Crippen molar-refractivity contribution in [2.45, 2.75) is 0 Å². The van der Waals surface area contributed by atoms with Gasteiger partial charge in [0.15, 0.2) is 0 Å². The molecule has 10 heteroatoms. The average Bonchev–Trinajstić information content (AvgIpc) is 1.12. The Morgan fingerprint density at radius 2 is 0.700 bits per heavy atom. The average molecular weight is 199 g/mol. The van der Waals surface area contributed by atoms with Crippen molar-refractivity contribution in [1.82, 2.24) is 0 Å². The van der Waals surface area contributed by atoms with Gasteiger partial charge in [-0.3, -0.25) is 0 Å². The summed E-state index contributed by atoms with van der Waals surface area (Å²) in [5, 5.41) is 0. The fraction of sp³-hybridized carbons (Fsp3) is 0. The molecule has 0 fully saturated rings. The molecule has 0 bridgehead atoms. The molecule has 0 aromatic rings. The van der Waals surface area contributed by atoms with Crippen molar-refractivity contribution in [3.8, 4) is 0 Å². The normalized spacial score (nSPS) is 11.8. The fourth-order valence-electron chi connectivity index (χ4n) is 0. The second kappa shape index (κ2) is 4.17. The van der Waals surface area contributed by atoms with Gasteiger partial charge in [-0.15, -0.1) is 0 Å². The van der Waals surface area contributed by atoms with Crippen LogP contribution in [0.15, 0.2) is 0 Å². The SMILES string of the molecule is O=P(O)(O)O.O=P(O)(O)O.[2HH]. The van der Waals surface area contributed by atoms with Gasteiger partial charge >= 0.3 is 15.6 Å². The predicted octanol–water partition coefficient (Wildman–Crippen LogP) is -1.61. The first-order chi connectivity index (χ1) is 4.00. The summed E-state index contributed by atoms with van der Waals surface area (Å²) in [6.45, 7) is 0. The van der Waals surface area contributed by atoms with Crippen LogP contribution in [0.2, 0.25) is 0 Å². The first-order valence-electron chi connectivity index (χ1n) is 1.57. The lowest BCUT2D eigenvalue weighted by Gasteiger charge is -1.82. The number of phosphoric acid groups is 2. The molecule has 8 nitrogen and oxygen atoms in total. The molecule has 66 valence electrons. The van der Waals surface area contributed by atoms with E-state index in [1.54, 1.807) is 0 Å². The lowest BCUT2D eigenvalue weighted by atomic mass is 15.8. The van der Waals surface area contributed by atoms with Gasteiger partial charge in [-0.05, 0) is 0 Å². The van der Waals surface area contributed by atoms with Crippen molar-refractivity contribution >= 4 is 15.6 Å². The van der Waals surface area contributed by atoms with Crippen molar-refractivity contribution in [2.24, 2.45) is 0 Å². The Labute approximate surface area is 56.7 Å². The highest BCUT2D eigenvalue weighted by Gasteiger charge is 2.00. The molecule has 0 aliphatic heterocycles. The maximum Gasteiger partial charge on any atom is 0.466 e. The Hall–Kier alpha value is 0.220. The van der Waals surface area contributed by atoms with Gasteiger partial charge in [0.25, 0.3) is 0 Å². The van der Waals surface area contributed by atoms with E-state index < -0.39 is 15.6 Å². The number of hydrogen-bond acceptors (Lipinski definition) is 2. The summed E-state index contributed by atoms with van der Waals surface area (Å²) in [5.41, 5.74) is 0. The molecule has 0 aromatic heterocycles. The topological polar surface area (TPSA) is 156 Å². The zero-order chi connectivity index (χ0) is 9.00. The van der Waals surface area contributed by atoms with Gasteiger partial charge in [-0.25, -0.2) is 9.13 Å². The largest absolute Gasteiger partial charge is 0.466 e. The third-order valence-corrected chi connectivity index (χ3v) is 0. The third-order valence-electron chi connectivity index (χ3n) is 0. The maximum atomic E-state index is 8.88. The van der Waals surface area contributed by atoms with E-state index in [9.17, 15) is 0 Å². The molecular formula is H8O8P2. The van der Waals surface area contributed by atoms with Crippen molar-refractivity contribution < 1.29 is 39.9 Å². The lowest BCUT2D eigenvalue weighted by molar-refractivity contribution is 0.272. The highest BCUT2D eigenvalue weighted by atomic mass is 31.2. The van der Waals surface area contributed by atoms with Gasteiger partial charge in [0.05, 0.1) is 0 Å². The maximum absolute atomic E-state index is 8.88. The van der Waals surface area contributed by atoms with Crippen molar-refractivity contribution in [3.05, 3.63) is 0 Å². The molecule has 0 spiro atoms. The highest BCUT2D eigenvalue weighted by molar-refractivity contribution is 7.45. The van der Waals surface area contributed by atoms with E-state index in [1.165, 1.54) is 0 Å². The van der Waals surface area contributed by atoms with Gasteiger partial charge in [0.1, 0.15) is 0 Å². The summed E-state index contributed by atoms with van der Waals surface area (Å²) in [4.78, 5) is 43.1. The van der Waals surface area contributed by atoms with Crippen LogP contribution in [0.4, 0.5) is 0 Å². The van der Waals surface area contributed by atoms with Gasteiger partial charge in [0, 0.05) is 1.43 Å². The van der Waals surface area contributed by atoms with E-state index in [4.69, 9.17) is 38.5 Å². The second-order valence-corrected chi connectivity index (χ2v) is 3.08. The van der Waals surface area contributed by atoms with Crippen LogP contribution in [0.1, 0.15) is 1.43 Å². The summed E-state index contributed by atoms with van der Waals surface area (Å²) in [6.07, 6.45) is 0. The minimum Gasteiger partial charge on any atom is -0.303 e. The Morgan fingerprint density at radius 3 is 0.700 bits per heavy atom. The number of hydrogen-bond donors (Lipinski definition) is 6. The molecular weight excluding hydrogens is 190 g/mol. The quantitative estimate of drug-likeness (QED) is 0.254. The molecule has 0 aromatic carbocycles. The van der Waals surface area contributed by atoms with Gasteiger partial charge in [0.2, 0.25) is 0 Å². The Kier molecular flexibility index (Phi) is 5.36. The molecule has 0 atom stereocenters. The zero-order valence-corrected chi connectivity index (χ0v) is 6.18. The number of rotatable bonds is 0. The summed E-state index contributed by atoms with van der Waals surface area (Å²) in [7, 11) is -9.28. The van der Waals surface area contributed by atoms with E-state index in [0.29, 0.717) is 0 Å². The molecule has 0 unspecified atom stereocenters. The Balaban J connectivity index is -0.000000107. The first kappa shape index (κ1) is 12.9. The second-order valence-electron chi connectivity index (χ2n) is 1.03. The van der Waals surface area contributed by atoms with Crippen LogP contribution in [0.3, 0.4) is 0 Å². The highest BCUT2D eigenvalue weighted by Crippen LogP contribution is 2.26. The van der Waals surface area contributed by atoms with Crippen LogP contribution in [0.25, 0.3) is 0 Å². The van der Waals surface area contributed by atoms with Crippen molar-refractivity contribution in [1.29, 1.82) is 0 Å². The van der Waals surface area contributed by atoms with E-state index in [-0.39, 0.29) is 1.43 Å². The minimum atomic E-state index is -4.64. The van der Waals surface area contributed by atoms with E-state index in [0.717, 1.165) is 0 Å². The molecule has 0 aliphatic rings. The standard InChI is InChI=1S/2H3O4P.H2/c2*1-5(2,3)4;/h2*(H3,1,2,3,4);1H/i;;1+1. The van der Waals surface area contributed by atoms with Gasteiger partial charge in [-0.1, -0.05) is 0 Å². The Bertz CT molecular complexity index is 124. The summed E-state index contributed by atoms with van der Waals surface area (Å²) in [5.74, 6) is 0. The van der Waals surface area contributed by atoms with Crippen LogP contribution in [-0.2, 0) is 9.13 Å². The molecule has 6 N–H and O–H groups in total. The minimum absolute atomic E-state index is 0. The van der Waals surface area contributed by atoms with Gasteiger partial charge < -0.3 is 29.4 Å². The van der Waals surface area contributed by atoms with Crippen LogP contribution in [0, 0.1) is 0 Å². The Morgan fingerprint density at radius 1 is 0.700 bits per heavy atom. The molecule has 10 heavy (non-hydrogen) atoms. The van der Waals surface area contributed by atoms with E-state index in [2.05, 4.69) is 0 Å². The van der Waals surface area contributed by atoms with Crippen molar-refractivity contribution in [2.75, 3.05) is 0 Å². The van der Waals surface area contributed by atoms with Crippen LogP contribution in [0.5, 0.6) is 0 Å². The summed E-state index contributed by atoms with van der Waals surface area (Å²) < 4.78 is 17.8. The third kappa shape index (κ3) is 8850. The molecule has 0 heterocycles. The fourth-order valence-corrected chi connectivity index (χ4v) is 0. The molecule has 0 radical (unpaired) electrons. The predicted molar refractivity (Wildman–Crippen MR) is 30.6 cm³/mol. The smallest absolute Gasteiger partial charge is 0.303 e. The first-order valence-corrected chi connectivity index (χ1v) is 4.70. The lowest BCUT2D eigenvalue weighted by Crippen LogP contribution is -1.66. The van der Waals surface area contributed by atoms with Crippen molar-refractivity contribution in [3.63, 3.8) is 0 Å². The molecule has 0 saturated carbocycles. The van der Waals surface area contributed by atoms with E-state index >= 15 is 0 Å². The van der Waals surface area contributed by atoms with Crippen LogP contribution < -0.4 is 0 Å². The summed E-state index contributed by atoms with van der Waals surface area (Å²) >= 11 is 0. The monoisotopic (exact) mass is 199 g/mol. The molecule has 0 aliphatic carbocycles. The summed E-state index contributed by atoms with van der Waals surface area (Å²) in [6, 6.07) is 0. The van der Waals surface area contributed by atoms with E-state index in [1.807, 2.05) is 0 Å².